The van der Waals surface area contributed by atoms with Gasteiger partial charge in [0.25, 0.3) is 0 Å². The van der Waals surface area contributed by atoms with Crippen molar-refractivity contribution in [2.24, 2.45) is 5.89 Å². The first-order valence-electron chi connectivity index (χ1n) is 9.65. The minimum atomic E-state index is -3.74. The van der Waals surface area contributed by atoms with Crippen molar-refractivity contribution in [3.05, 3.63) is 23.5 Å². The van der Waals surface area contributed by atoms with E-state index in [0.29, 0.717) is 12.3 Å². The van der Waals surface area contributed by atoms with Crippen molar-refractivity contribution in [2.45, 2.75) is 26.9 Å². The summed E-state index contributed by atoms with van der Waals surface area (Å²) >= 11 is 0. The molecule has 1 heterocycles. The molecule has 0 aliphatic carbocycles. The first kappa shape index (κ1) is 3.06. The van der Waals surface area contributed by atoms with Crippen LogP contribution in [0.25, 0.3) is 0 Å². The Morgan fingerprint density at radius 1 is 1.71 bits per heavy atom. The molecule has 0 saturated heterocycles. The minimum absolute atomic E-state index is 0.422. The Balaban J connectivity index is 3.87. The molecule has 0 atom stereocenters. The highest BCUT2D eigenvalue weighted by molar-refractivity contribution is 6.58. The van der Waals surface area contributed by atoms with E-state index < -0.39 is 56.7 Å². The van der Waals surface area contributed by atoms with Gasteiger partial charge in [-0.25, -0.2) is 0 Å². The molecular weight excluding hydrogens is 177 g/mol. The molecule has 2 N–H and O–H groups in total. The van der Waals surface area contributed by atoms with Crippen molar-refractivity contribution >= 4 is 12.6 Å². The molecule has 4 heteroatoms. The number of nitrogens with zero attached hydrogens (tertiary/aromatic N) is 1. The Morgan fingerprint density at radius 3 is 3.07 bits per heavy atom. The Morgan fingerprint density at radius 2 is 2.50 bits per heavy atom. The monoisotopic (exact) mass is 205 g/mol. The Kier molecular flexibility index (Phi) is 1.00. The molecule has 0 amide bonds. The van der Waals surface area contributed by atoms with Crippen LogP contribution in [0, 0.1) is 12.7 Å². The summed E-state index contributed by atoms with van der Waals surface area (Å²) in [4.78, 5) is 3.46. The van der Waals surface area contributed by atoms with Gasteiger partial charge in [0.05, 0.1) is 0 Å². The van der Waals surface area contributed by atoms with E-state index in [9.17, 15) is 0 Å². The van der Waals surface area contributed by atoms with Crippen LogP contribution in [0.1, 0.15) is 41.4 Å². The number of pyridine rings is 1. The van der Waals surface area contributed by atoms with Crippen LogP contribution >= 0.6 is 0 Å². The maximum absolute atomic E-state index is 9.15. The van der Waals surface area contributed by atoms with Crippen molar-refractivity contribution < 1.29 is 26.5 Å². The highest BCUT2D eigenvalue weighted by Crippen LogP contribution is 2.08. The molecule has 14 heavy (non-hydrogen) atoms. The Hall–Kier alpha value is -0.865. The number of hydrogen-bond acceptors (Lipinski definition) is 3. The van der Waals surface area contributed by atoms with Crippen molar-refractivity contribution in [1.82, 2.24) is 4.98 Å². The lowest BCUT2D eigenvalue weighted by atomic mass is 9.80. The zero-order valence-electron chi connectivity index (χ0n) is 19.1. The lowest BCUT2D eigenvalue weighted by molar-refractivity contribution is 0.425. The van der Waals surface area contributed by atoms with Crippen LogP contribution < -0.4 is 5.46 Å². The van der Waals surface area contributed by atoms with E-state index in [4.69, 9.17) is 26.5 Å². The molecule has 0 spiro atoms. The van der Waals surface area contributed by atoms with Gasteiger partial charge in [-0.2, -0.15) is 0 Å². The van der Waals surface area contributed by atoms with Gasteiger partial charge in [-0.05, 0) is 24.7 Å². The second kappa shape index (κ2) is 4.57. The maximum Gasteiger partial charge on any atom is 0.490 e. The van der Waals surface area contributed by atoms with Crippen molar-refractivity contribution in [2.75, 3.05) is 0 Å². The zero-order chi connectivity index (χ0) is 20.9. The molecule has 0 bridgehead atoms. The van der Waals surface area contributed by atoms with Gasteiger partial charge in [0.15, 0.2) is 0 Å². The molecule has 3 nitrogen and oxygen atoms in total. The summed E-state index contributed by atoms with van der Waals surface area (Å²) in [5.41, 5.74) is -2.43. The average Bonchev–Trinajstić information content (AvgIpc) is 2.42. The standard InChI is InChI=1S/C10H16BNO2/c1-7(2)4-10-8(3)5-9(6-12-10)11(13)14/h5-7,13-14H,4H2,1-3H3/i1D3,2D3,3D3,4D2,7D. The van der Waals surface area contributed by atoms with E-state index in [2.05, 4.69) is 4.98 Å². The summed E-state index contributed by atoms with van der Waals surface area (Å²) in [5, 5.41) is 18.3. The van der Waals surface area contributed by atoms with Gasteiger partial charge < -0.3 is 10.0 Å². The molecule has 0 unspecified atom stereocenters. The van der Waals surface area contributed by atoms with E-state index in [-0.39, 0.29) is 0 Å². The summed E-state index contributed by atoms with van der Waals surface area (Å²) < 4.78 is 90.8. The van der Waals surface area contributed by atoms with Gasteiger partial charge in [-0.15, -0.1) is 0 Å². The quantitative estimate of drug-likeness (QED) is 0.696. The maximum atomic E-state index is 9.15. The average molecular weight is 205 g/mol. The van der Waals surface area contributed by atoms with Crippen LogP contribution in [-0.4, -0.2) is 22.2 Å². The molecule has 0 radical (unpaired) electrons. The fourth-order valence-corrected chi connectivity index (χ4v) is 0.840. The van der Waals surface area contributed by atoms with Crippen molar-refractivity contribution in [3.8, 4) is 0 Å². The van der Waals surface area contributed by atoms with E-state index in [1.807, 2.05) is 0 Å². The first-order chi connectivity index (χ1) is 11.3. The van der Waals surface area contributed by atoms with E-state index in [0.717, 1.165) is 0 Å². The van der Waals surface area contributed by atoms with Gasteiger partial charge in [0.2, 0.25) is 0 Å². The highest BCUT2D eigenvalue weighted by atomic mass is 16.4. The number of aromatic nitrogens is 1. The second-order valence-corrected chi connectivity index (χ2v) is 2.54. The van der Waals surface area contributed by atoms with E-state index >= 15 is 0 Å². The third-order valence-electron chi connectivity index (χ3n) is 1.45. The molecule has 0 aromatic carbocycles. The molecule has 1 aromatic heterocycles. The van der Waals surface area contributed by atoms with Crippen LogP contribution in [0.5, 0.6) is 0 Å². The second-order valence-electron chi connectivity index (χ2n) is 2.54. The molecule has 0 aliphatic heterocycles. The summed E-state index contributed by atoms with van der Waals surface area (Å²) in [5.74, 6) is -3.74. The first-order valence-corrected chi connectivity index (χ1v) is 3.65. The number of hydrogen-bond donors (Lipinski definition) is 2. The van der Waals surface area contributed by atoms with Gasteiger partial charge in [-0.3, -0.25) is 4.98 Å². The van der Waals surface area contributed by atoms with Crippen LogP contribution in [-0.2, 0) is 6.37 Å². The number of rotatable bonds is 3. The summed E-state index contributed by atoms with van der Waals surface area (Å²) in [6.45, 7) is -10.4. The third kappa shape index (κ3) is 2.82. The molecule has 1 aromatic rings. The fourth-order valence-electron chi connectivity index (χ4n) is 0.840. The normalized spacial score (nSPS) is 27.9. The lowest BCUT2D eigenvalue weighted by Crippen LogP contribution is -2.30. The summed E-state index contributed by atoms with van der Waals surface area (Å²) in [6, 6.07) is 0.664. The minimum Gasteiger partial charge on any atom is -0.423 e. The van der Waals surface area contributed by atoms with E-state index in [1.54, 1.807) is 0 Å². The van der Waals surface area contributed by atoms with Gasteiger partial charge in [0, 0.05) is 33.8 Å². The smallest absolute Gasteiger partial charge is 0.423 e. The summed E-state index contributed by atoms with van der Waals surface area (Å²) in [7, 11) is -2.14. The fraction of sp³-hybridized carbons (Fsp3) is 0.500. The van der Waals surface area contributed by atoms with Crippen LogP contribution in [0.15, 0.2) is 12.3 Å². The SMILES string of the molecule is [2H]C([2H])([2H])c1cc(B(O)O)cnc1C([2H])([2H])C([2H])(C([2H])([2H])[2H])C([2H])([2H])[2H]. The van der Waals surface area contributed by atoms with Gasteiger partial charge in [-0.1, -0.05) is 19.8 Å². The predicted molar refractivity (Wildman–Crippen MR) is 57.3 cm³/mol. The summed E-state index contributed by atoms with van der Waals surface area (Å²) in [6.07, 6.45) is -2.88. The van der Waals surface area contributed by atoms with Gasteiger partial charge >= 0.3 is 7.12 Å². The molecular formula is C10H16BNO2. The molecule has 1 rings (SSSR count). The largest absolute Gasteiger partial charge is 0.490 e. The Labute approximate surface area is 102 Å². The van der Waals surface area contributed by atoms with Crippen LogP contribution in [0.4, 0.5) is 0 Å². The van der Waals surface area contributed by atoms with E-state index in [1.165, 1.54) is 0 Å². The van der Waals surface area contributed by atoms with Crippen LogP contribution in [0.3, 0.4) is 0 Å². The highest BCUT2D eigenvalue weighted by Gasteiger charge is 2.13. The van der Waals surface area contributed by atoms with Crippen molar-refractivity contribution in [3.63, 3.8) is 0 Å². The lowest BCUT2D eigenvalue weighted by Gasteiger charge is -2.08. The van der Waals surface area contributed by atoms with Crippen molar-refractivity contribution in [1.29, 1.82) is 0 Å². The molecule has 76 valence electrons. The topological polar surface area (TPSA) is 53.4 Å². The predicted octanol–water partition coefficient (Wildman–Crippen LogP) is 0.268. The Bertz CT molecular complexity index is 651. The molecule has 0 aliphatic rings. The number of aryl methyl sites for hydroxylation is 1. The molecule has 0 saturated carbocycles. The van der Waals surface area contributed by atoms with Gasteiger partial charge in [0.1, 0.15) is 0 Å². The third-order valence-corrected chi connectivity index (χ3v) is 1.45. The zero-order valence-corrected chi connectivity index (χ0v) is 7.07. The van der Waals surface area contributed by atoms with Crippen LogP contribution in [0.2, 0.25) is 0 Å². The molecule has 0 fully saturated rings.